The molecule has 0 N–H and O–H groups in total. The summed E-state index contributed by atoms with van der Waals surface area (Å²) in [6, 6.07) is 9.22. The van der Waals surface area contributed by atoms with Crippen molar-refractivity contribution in [3.8, 4) is 5.69 Å². The Balaban J connectivity index is 1.72. The van der Waals surface area contributed by atoms with Crippen molar-refractivity contribution in [3.63, 3.8) is 0 Å². The highest BCUT2D eigenvalue weighted by Crippen LogP contribution is 2.75. The summed E-state index contributed by atoms with van der Waals surface area (Å²) in [5.74, 6) is 0. The molecule has 5 heteroatoms. The van der Waals surface area contributed by atoms with Crippen LogP contribution in [0.1, 0.15) is 51.6 Å². The summed E-state index contributed by atoms with van der Waals surface area (Å²) < 4.78 is 4.93. The Morgan fingerprint density at radius 3 is 1.74 bits per heavy atom. The van der Waals surface area contributed by atoms with E-state index in [1.165, 1.54) is 28.6 Å². The van der Waals surface area contributed by atoms with E-state index in [9.17, 15) is 9.59 Å². The Labute approximate surface area is 157 Å². The predicted molar refractivity (Wildman–Crippen MR) is 103 cm³/mol. The van der Waals surface area contributed by atoms with E-state index in [2.05, 4.69) is 26.0 Å². The van der Waals surface area contributed by atoms with Gasteiger partial charge < -0.3 is 0 Å². The Morgan fingerprint density at radius 1 is 0.815 bits per heavy atom. The molecule has 0 radical (unpaired) electrons. The molecular formula is C22H23N3O2. The first-order chi connectivity index (χ1) is 13.0. The van der Waals surface area contributed by atoms with Gasteiger partial charge in [0.15, 0.2) is 0 Å². The van der Waals surface area contributed by atoms with Crippen molar-refractivity contribution in [2.24, 2.45) is 10.8 Å². The number of benzene rings is 1. The lowest BCUT2D eigenvalue weighted by Gasteiger charge is -2.69. The molecule has 7 rings (SSSR count). The fourth-order valence-electron chi connectivity index (χ4n) is 6.69. The highest BCUT2D eigenvalue weighted by Gasteiger charge is 2.70. The molecule has 1 aromatic heterocycles. The minimum atomic E-state index is -0.207. The van der Waals surface area contributed by atoms with Crippen LogP contribution >= 0.6 is 0 Å². The molecule has 2 aromatic rings. The number of para-hydroxylation sites is 1. The van der Waals surface area contributed by atoms with Crippen LogP contribution in [0.5, 0.6) is 0 Å². The van der Waals surface area contributed by atoms with Gasteiger partial charge in [-0.2, -0.15) is 0 Å². The van der Waals surface area contributed by atoms with E-state index in [1.54, 1.807) is 9.36 Å². The lowest BCUT2D eigenvalue weighted by Crippen LogP contribution is -2.67. The van der Waals surface area contributed by atoms with Gasteiger partial charge in [0.25, 0.3) is 0 Å². The quantitative estimate of drug-likeness (QED) is 0.731. The molecule has 5 nitrogen and oxygen atoms in total. The maximum atomic E-state index is 13.5. The predicted octanol–water partition coefficient (Wildman–Crippen LogP) is 3.36. The largest absolute Gasteiger partial charge is 0.352 e. The van der Waals surface area contributed by atoms with E-state index in [0.717, 1.165) is 12.8 Å². The third kappa shape index (κ3) is 1.44. The Morgan fingerprint density at radius 2 is 1.30 bits per heavy atom. The van der Waals surface area contributed by atoms with Crippen LogP contribution in [0, 0.1) is 10.8 Å². The molecule has 2 bridgehead atoms. The lowest BCUT2D eigenvalue weighted by molar-refractivity contribution is -0.0915. The zero-order chi connectivity index (χ0) is 18.6. The fraction of sp³-hybridized carbons (Fsp3) is 0.455. The highest BCUT2D eigenvalue weighted by atomic mass is 16.2. The first-order valence-corrected chi connectivity index (χ1v) is 9.93. The van der Waals surface area contributed by atoms with Crippen molar-refractivity contribution in [1.29, 1.82) is 0 Å². The highest BCUT2D eigenvalue weighted by molar-refractivity contribution is 5.47. The fourth-order valence-corrected chi connectivity index (χ4v) is 6.69. The van der Waals surface area contributed by atoms with Crippen molar-refractivity contribution in [1.82, 2.24) is 13.9 Å². The average Bonchev–Trinajstić information content (AvgIpc) is 2.91. The van der Waals surface area contributed by atoms with E-state index >= 15 is 0 Å². The Kier molecular flexibility index (Phi) is 2.66. The van der Waals surface area contributed by atoms with Crippen molar-refractivity contribution in [3.05, 3.63) is 74.6 Å². The standard InChI is InChI=1S/C22H23N3O2/c1-14-15(2)18-22-11-7-6-10-21(22,12-13-22)17(14)24-19(26)23(20(27)25(18)24)16-8-4-3-5-9-16/h3-5,8-9,12-13,17-18H,6-7,10-11H2,1-2H3. The number of hydrogen-bond acceptors (Lipinski definition) is 2. The summed E-state index contributed by atoms with van der Waals surface area (Å²) in [5.41, 5.74) is 2.78. The van der Waals surface area contributed by atoms with E-state index in [0.29, 0.717) is 5.69 Å². The maximum Gasteiger partial charge on any atom is 0.352 e. The summed E-state index contributed by atoms with van der Waals surface area (Å²) in [6.45, 7) is 4.32. The first-order valence-electron chi connectivity index (χ1n) is 9.93. The van der Waals surface area contributed by atoms with Crippen LogP contribution < -0.4 is 11.4 Å². The summed E-state index contributed by atoms with van der Waals surface area (Å²) >= 11 is 0. The number of allylic oxidation sites excluding steroid dienone is 4. The van der Waals surface area contributed by atoms with Gasteiger partial charge in [-0.05, 0) is 50.0 Å². The van der Waals surface area contributed by atoms with Crippen LogP contribution in [0.3, 0.4) is 0 Å². The SMILES string of the molecule is CC1=C(C)C2n3c(=O)n(-c4ccccc4)c(=O)n3C1C13C=CC21CCCC3. The summed E-state index contributed by atoms with van der Waals surface area (Å²) in [7, 11) is 0. The van der Waals surface area contributed by atoms with Gasteiger partial charge in [0.1, 0.15) is 0 Å². The van der Waals surface area contributed by atoms with E-state index < -0.39 is 0 Å². The third-order valence-electron chi connectivity index (χ3n) is 7.90. The molecule has 4 atom stereocenters. The number of rotatable bonds is 1. The van der Waals surface area contributed by atoms with Gasteiger partial charge in [-0.25, -0.2) is 23.5 Å². The van der Waals surface area contributed by atoms with Gasteiger partial charge in [0.2, 0.25) is 0 Å². The van der Waals surface area contributed by atoms with Crippen LogP contribution in [0.4, 0.5) is 0 Å². The molecule has 0 saturated heterocycles. The molecular weight excluding hydrogens is 338 g/mol. The molecule has 0 amide bonds. The van der Waals surface area contributed by atoms with Crippen LogP contribution in [0.25, 0.3) is 5.69 Å². The number of nitrogens with zero attached hydrogens (tertiary/aromatic N) is 3. The van der Waals surface area contributed by atoms with Gasteiger partial charge in [0.05, 0.1) is 17.8 Å². The molecule has 0 spiro atoms. The second-order valence-corrected chi connectivity index (χ2v) is 8.72. The molecule has 3 heterocycles. The van der Waals surface area contributed by atoms with Crippen LogP contribution in [0.2, 0.25) is 0 Å². The van der Waals surface area contributed by atoms with Crippen molar-refractivity contribution >= 4 is 0 Å². The molecule has 4 unspecified atom stereocenters. The molecule has 1 aromatic carbocycles. The van der Waals surface area contributed by atoms with E-state index in [4.69, 9.17) is 0 Å². The topological polar surface area (TPSA) is 48.9 Å². The van der Waals surface area contributed by atoms with Crippen molar-refractivity contribution in [2.75, 3.05) is 0 Å². The average molecular weight is 361 g/mol. The summed E-state index contributed by atoms with van der Waals surface area (Å²) in [6.07, 6.45) is 9.29. The van der Waals surface area contributed by atoms with Crippen LogP contribution in [-0.4, -0.2) is 13.9 Å². The molecule has 5 aliphatic rings. The van der Waals surface area contributed by atoms with Gasteiger partial charge in [-0.15, -0.1) is 0 Å². The summed E-state index contributed by atoms with van der Waals surface area (Å²) in [5, 5.41) is 0. The lowest BCUT2D eigenvalue weighted by atomic mass is 9.39. The number of aromatic nitrogens is 3. The van der Waals surface area contributed by atoms with Crippen LogP contribution in [0.15, 0.2) is 63.2 Å². The van der Waals surface area contributed by atoms with E-state index in [1.807, 2.05) is 30.3 Å². The molecule has 3 aliphatic carbocycles. The monoisotopic (exact) mass is 361 g/mol. The Hall–Kier alpha value is -2.56. The molecule has 27 heavy (non-hydrogen) atoms. The molecule has 138 valence electrons. The van der Waals surface area contributed by atoms with Crippen LogP contribution in [-0.2, 0) is 0 Å². The van der Waals surface area contributed by atoms with Crippen molar-refractivity contribution < 1.29 is 0 Å². The second kappa shape index (κ2) is 4.64. The smallest absolute Gasteiger partial charge is 0.245 e. The minimum Gasteiger partial charge on any atom is -0.245 e. The van der Waals surface area contributed by atoms with Gasteiger partial charge in [-0.1, -0.05) is 43.2 Å². The third-order valence-corrected chi connectivity index (χ3v) is 7.90. The maximum absolute atomic E-state index is 13.5. The first kappa shape index (κ1) is 15.5. The second-order valence-electron chi connectivity index (χ2n) is 8.72. The van der Waals surface area contributed by atoms with Gasteiger partial charge >= 0.3 is 11.4 Å². The zero-order valence-electron chi connectivity index (χ0n) is 15.7. The number of hydrogen-bond donors (Lipinski definition) is 0. The summed E-state index contributed by atoms with van der Waals surface area (Å²) in [4.78, 5) is 27.0. The van der Waals surface area contributed by atoms with Gasteiger partial charge in [-0.3, -0.25) is 0 Å². The van der Waals surface area contributed by atoms with Gasteiger partial charge in [0, 0.05) is 10.8 Å². The molecule has 1 fully saturated rings. The molecule has 1 saturated carbocycles. The minimum absolute atomic E-state index is 0.00134. The van der Waals surface area contributed by atoms with E-state index in [-0.39, 0.29) is 34.3 Å². The molecule has 2 aliphatic heterocycles. The zero-order valence-corrected chi connectivity index (χ0v) is 15.7. The normalized spacial score (nSPS) is 35.5. The Bertz CT molecular complexity index is 1090. The van der Waals surface area contributed by atoms with Crippen molar-refractivity contribution in [2.45, 2.75) is 51.6 Å².